The van der Waals surface area contributed by atoms with Gasteiger partial charge in [0.1, 0.15) is 11.6 Å². The summed E-state index contributed by atoms with van der Waals surface area (Å²) in [5.74, 6) is 0.135. The predicted molar refractivity (Wildman–Crippen MR) is 113 cm³/mol. The zero-order valence-corrected chi connectivity index (χ0v) is 17.6. The van der Waals surface area contributed by atoms with Crippen LogP contribution in [0.1, 0.15) is 24.0 Å². The smallest absolute Gasteiger partial charge is 0.378 e. The molecule has 0 aliphatic carbocycles. The van der Waals surface area contributed by atoms with Gasteiger partial charge >= 0.3 is 6.18 Å². The Balaban J connectivity index is 1.41. The summed E-state index contributed by atoms with van der Waals surface area (Å²) >= 11 is 0. The predicted octanol–water partition coefficient (Wildman–Crippen LogP) is 2.86. The molecule has 1 amide bonds. The topological polar surface area (TPSA) is 70.6 Å². The van der Waals surface area contributed by atoms with Crippen LogP contribution in [0.2, 0.25) is 0 Å². The highest BCUT2D eigenvalue weighted by Gasteiger charge is 2.37. The monoisotopic (exact) mass is 449 g/mol. The minimum absolute atomic E-state index is 0.112. The van der Waals surface area contributed by atoms with E-state index in [9.17, 15) is 18.0 Å². The third kappa shape index (κ3) is 5.12. The molecule has 0 unspecified atom stereocenters. The number of aromatic nitrogens is 2. The molecule has 2 aliphatic rings. The highest BCUT2D eigenvalue weighted by Crippen LogP contribution is 2.36. The number of ether oxygens (including phenoxy) is 1. The fourth-order valence-corrected chi connectivity index (χ4v) is 4.21. The molecule has 172 valence electrons. The van der Waals surface area contributed by atoms with Crippen molar-refractivity contribution in [2.45, 2.75) is 25.6 Å². The maximum Gasteiger partial charge on any atom is 0.419 e. The molecule has 0 saturated carbocycles. The molecule has 0 radical (unpaired) electrons. The van der Waals surface area contributed by atoms with Crippen molar-refractivity contribution in [1.29, 1.82) is 0 Å². The maximum atomic E-state index is 13.4. The molecule has 2 aromatic heterocycles. The van der Waals surface area contributed by atoms with E-state index >= 15 is 0 Å². The second-order valence-corrected chi connectivity index (χ2v) is 7.96. The van der Waals surface area contributed by atoms with Crippen molar-refractivity contribution in [2.75, 3.05) is 49.2 Å². The van der Waals surface area contributed by atoms with Crippen LogP contribution < -0.4 is 15.1 Å². The fraction of sp³-hybridized carbons (Fsp3) is 0.500. The van der Waals surface area contributed by atoms with E-state index in [-0.39, 0.29) is 18.3 Å². The summed E-state index contributed by atoms with van der Waals surface area (Å²) in [6.07, 6.45) is -0.170. The normalized spacial score (nSPS) is 19.7. The van der Waals surface area contributed by atoms with Crippen LogP contribution in [-0.2, 0) is 22.3 Å². The first-order valence-corrected chi connectivity index (χ1v) is 10.7. The Morgan fingerprint density at radius 2 is 1.78 bits per heavy atom. The van der Waals surface area contributed by atoms with Crippen LogP contribution in [0.25, 0.3) is 0 Å². The lowest BCUT2D eigenvalue weighted by atomic mass is 9.96. The zero-order chi connectivity index (χ0) is 22.6. The molecule has 0 aromatic carbocycles. The lowest BCUT2D eigenvalue weighted by Crippen LogP contribution is -2.44. The molecule has 7 nitrogen and oxygen atoms in total. The number of hydrogen-bond acceptors (Lipinski definition) is 6. The number of carbonyl (C=O) groups excluding carboxylic acids is 1. The molecule has 4 rings (SSSR count). The van der Waals surface area contributed by atoms with E-state index in [1.807, 2.05) is 12.1 Å². The number of carbonyl (C=O) groups is 1. The minimum Gasteiger partial charge on any atom is -0.378 e. The second kappa shape index (κ2) is 9.72. The van der Waals surface area contributed by atoms with Gasteiger partial charge < -0.3 is 19.9 Å². The van der Waals surface area contributed by atoms with Crippen LogP contribution >= 0.6 is 0 Å². The molecule has 2 aliphatic heterocycles. The van der Waals surface area contributed by atoms with Crippen molar-refractivity contribution in [3.8, 4) is 0 Å². The Labute approximate surface area is 184 Å². The van der Waals surface area contributed by atoms with Gasteiger partial charge in [0.2, 0.25) is 5.91 Å². The molecule has 4 heterocycles. The van der Waals surface area contributed by atoms with Gasteiger partial charge in [0.25, 0.3) is 0 Å². The molecule has 10 heteroatoms. The van der Waals surface area contributed by atoms with Crippen molar-refractivity contribution in [1.82, 2.24) is 15.3 Å². The third-order valence-corrected chi connectivity index (χ3v) is 5.81. The van der Waals surface area contributed by atoms with Crippen LogP contribution in [0.4, 0.5) is 24.8 Å². The number of morpholine rings is 1. The Morgan fingerprint density at radius 1 is 1.06 bits per heavy atom. The van der Waals surface area contributed by atoms with Gasteiger partial charge in [-0.1, -0.05) is 6.07 Å². The van der Waals surface area contributed by atoms with Gasteiger partial charge in [0.05, 0.1) is 24.7 Å². The maximum absolute atomic E-state index is 13.4. The second-order valence-electron chi connectivity index (χ2n) is 7.96. The molecular weight excluding hydrogens is 423 g/mol. The lowest BCUT2D eigenvalue weighted by molar-refractivity contribution is -0.137. The van der Waals surface area contributed by atoms with Crippen molar-refractivity contribution in [3.05, 3.63) is 47.8 Å². The molecular formula is C22H26F3N5O2. The number of pyridine rings is 2. The molecule has 1 atom stereocenters. The van der Waals surface area contributed by atoms with Gasteiger partial charge in [-0.05, 0) is 31.0 Å². The van der Waals surface area contributed by atoms with Crippen molar-refractivity contribution in [2.24, 2.45) is 5.92 Å². The van der Waals surface area contributed by atoms with Crippen molar-refractivity contribution in [3.63, 3.8) is 0 Å². The first-order chi connectivity index (χ1) is 15.4. The number of rotatable bonds is 5. The Hall–Kier alpha value is -2.88. The first kappa shape index (κ1) is 22.3. The summed E-state index contributed by atoms with van der Waals surface area (Å²) in [5, 5.41) is 2.96. The average Bonchev–Trinajstić information content (AvgIpc) is 2.83. The van der Waals surface area contributed by atoms with Crippen molar-refractivity contribution < 1.29 is 22.7 Å². The molecule has 2 saturated heterocycles. The molecule has 32 heavy (non-hydrogen) atoms. The molecule has 0 bridgehead atoms. The summed E-state index contributed by atoms with van der Waals surface area (Å²) in [6, 6.07) is 6.06. The van der Waals surface area contributed by atoms with Gasteiger partial charge in [-0.15, -0.1) is 0 Å². The average molecular weight is 449 g/mol. The van der Waals surface area contributed by atoms with Crippen LogP contribution in [0.5, 0.6) is 0 Å². The van der Waals surface area contributed by atoms with Gasteiger partial charge in [0, 0.05) is 50.7 Å². The van der Waals surface area contributed by atoms with Gasteiger partial charge in [0.15, 0.2) is 0 Å². The van der Waals surface area contributed by atoms with E-state index < -0.39 is 17.7 Å². The number of hydrogen-bond donors (Lipinski definition) is 1. The van der Waals surface area contributed by atoms with E-state index in [1.165, 1.54) is 12.3 Å². The number of nitrogens with zero attached hydrogens (tertiary/aromatic N) is 4. The molecule has 1 N–H and O–H groups in total. The Morgan fingerprint density at radius 3 is 2.53 bits per heavy atom. The summed E-state index contributed by atoms with van der Waals surface area (Å²) in [7, 11) is 0. The van der Waals surface area contributed by atoms with Crippen LogP contribution in [0.3, 0.4) is 0 Å². The van der Waals surface area contributed by atoms with E-state index in [0.717, 1.165) is 30.5 Å². The highest BCUT2D eigenvalue weighted by molar-refractivity contribution is 5.79. The molecule has 2 aromatic rings. The first-order valence-electron chi connectivity index (χ1n) is 10.7. The highest BCUT2D eigenvalue weighted by atomic mass is 19.4. The Kier molecular flexibility index (Phi) is 6.78. The van der Waals surface area contributed by atoms with Gasteiger partial charge in [-0.3, -0.25) is 4.79 Å². The number of alkyl halides is 3. The standard InChI is InChI=1S/C22H26F3N5O2/c23-22(24,25)18-6-2-8-27-20(18)30-9-3-5-17(15-30)21(31)28-14-16-4-1-7-26-19(16)29-10-12-32-13-11-29/h1-2,4,6-8,17H,3,5,9-15H2,(H,28,31)/t17-/m0/s1. The lowest BCUT2D eigenvalue weighted by Gasteiger charge is -2.34. The summed E-state index contributed by atoms with van der Waals surface area (Å²) in [4.78, 5) is 25.0. The van der Waals surface area contributed by atoms with Crippen LogP contribution in [0, 0.1) is 5.92 Å². The van der Waals surface area contributed by atoms with E-state index in [4.69, 9.17) is 4.74 Å². The SMILES string of the molecule is O=C(NCc1cccnc1N1CCOCC1)[C@H]1CCCN(c2ncccc2C(F)(F)F)C1. The zero-order valence-electron chi connectivity index (χ0n) is 17.6. The van der Waals surface area contributed by atoms with Crippen molar-refractivity contribution >= 4 is 17.5 Å². The third-order valence-electron chi connectivity index (χ3n) is 5.81. The van der Waals surface area contributed by atoms with Crippen LogP contribution in [0.15, 0.2) is 36.7 Å². The number of amides is 1. The van der Waals surface area contributed by atoms with E-state index in [2.05, 4.69) is 20.2 Å². The van der Waals surface area contributed by atoms with Gasteiger partial charge in [-0.25, -0.2) is 9.97 Å². The fourth-order valence-electron chi connectivity index (χ4n) is 4.21. The largest absolute Gasteiger partial charge is 0.419 e. The summed E-state index contributed by atoms with van der Waals surface area (Å²) in [6.45, 7) is 3.69. The quantitative estimate of drug-likeness (QED) is 0.757. The van der Waals surface area contributed by atoms with E-state index in [1.54, 1.807) is 11.1 Å². The number of piperidine rings is 1. The number of halogens is 3. The minimum atomic E-state index is -4.49. The Bertz CT molecular complexity index is 934. The van der Waals surface area contributed by atoms with Gasteiger partial charge in [-0.2, -0.15) is 13.2 Å². The summed E-state index contributed by atoms with van der Waals surface area (Å²) < 4.78 is 45.6. The number of anilines is 2. The van der Waals surface area contributed by atoms with E-state index in [0.29, 0.717) is 39.1 Å². The molecule has 2 fully saturated rings. The summed E-state index contributed by atoms with van der Waals surface area (Å²) in [5.41, 5.74) is 0.131. The van der Waals surface area contributed by atoms with Crippen LogP contribution in [-0.4, -0.2) is 55.3 Å². The number of nitrogens with one attached hydrogen (secondary N) is 1. The molecule has 0 spiro atoms.